The molecular weight excluding hydrogens is 348 g/mol. The first-order valence-corrected chi connectivity index (χ1v) is 8.86. The molecule has 2 amide bonds. The highest BCUT2D eigenvalue weighted by atomic mass is 16.5. The first-order valence-electron chi connectivity index (χ1n) is 8.86. The monoisotopic (exact) mass is 372 g/mol. The summed E-state index contributed by atoms with van der Waals surface area (Å²) in [5, 5.41) is 9.34. The van der Waals surface area contributed by atoms with Gasteiger partial charge in [-0.1, -0.05) is 25.1 Å². The standard InChI is InChI=1S/C19H24N4O4/c1-3-11-20-18(25)14(2)21-19(26)16-9-10-17(24)23(22-16)12-13-27-15-7-5-4-6-8-15/h4-10,14H,3,11-13H2,1-2H3,(H,20,25)(H,21,26). The number of hydrogen-bond acceptors (Lipinski definition) is 5. The molecule has 1 aromatic carbocycles. The Morgan fingerprint density at radius 1 is 1.19 bits per heavy atom. The number of rotatable bonds is 9. The molecule has 0 saturated heterocycles. The van der Waals surface area contributed by atoms with Gasteiger partial charge in [0.2, 0.25) is 5.91 Å². The Morgan fingerprint density at radius 3 is 2.63 bits per heavy atom. The zero-order valence-corrected chi connectivity index (χ0v) is 15.5. The van der Waals surface area contributed by atoms with Gasteiger partial charge in [0, 0.05) is 12.6 Å². The van der Waals surface area contributed by atoms with Crippen molar-refractivity contribution >= 4 is 11.8 Å². The summed E-state index contributed by atoms with van der Waals surface area (Å²) in [6, 6.07) is 11.1. The van der Waals surface area contributed by atoms with Crippen LogP contribution in [0.2, 0.25) is 0 Å². The third-order valence-electron chi connectivity index (χ3n) is 3.70. The van der Waals surface area contributed by atoms with E-state index < -0.39 is 11.9 Å². The molecule has 0 aliphatic heterocycles. The number of benzene rings is 1. The smallest absolute Gasteiger partial charge is 0.272 e. The second-order valence-electron chi connectivity index (χ2n) is 5.93. The van der Waals surface area contributed by atoms with E-state index in [0.717, 1.165) is 6.42 Å². The quantitative estimate of drug-likeness (QED) is 0.683. The normalized spacial score (nSPS) is 11.5. The highest BCUT2D eigenvalue weighted by Crippen LogP contribution is 2.07. The summed E-state index contributed by atoms with van der Waals surface area (Å²) < 4.78 is 6.71. The van der Waals surface area contributed by atoms with Crippen LogP contribution >= 0.6 is 0 Å². The molecule has 0 spiro atoms. The largest absolute Gasteiger partial charge is 0.492 e. The van der Waals surface area contributed by atoms with Crippen molar-refractivity contribution in [3.63, 3.8) is 0 Å². The lowest BCUT2D eigenvalue weighted by Crippen LogP contribution is -2.45. The third kappa shape index (κ3) is 6.25. The number of nitrogens with one attached hydrogen (secondary N) is 2. The van der Waals surface area contributed by atoms with Crippen LogP contribution in [0.4, 0.5) is 0 Å². The lowest BCUT2D eigenvalue weighted by Gasteiger charge is -2.14. The summed E-state index contributed by atoms with van der Waals surface area (Å²) >= 11 is 0. The Labute approximate surface area is 157 Å². The van der Waals surface area contributed by atoms with E-state index in [1.807, 2.05) is 37.3 Å². The van der Waals surface area contributed by atoms with E-state index in [2.05, 4.69) is 15.7 Å². The van der Waals surface area contributed by atoms with Gasteiger partial charge in [0.15, 0.2) is 0 Å². The van der Waals surface area contributed by atoms with Crippen molar-refractivity contribution in [3.8, 4) is 5.75 Å². The Bertz CT molecular complexity index is 820. The molecule has 0 aliphatic carbocycles. The predicted molar refractivity (Wildman–Crippen MR) is 101 cm³/mol. The van der Waals surface area contributed by atoms with Crippen LogP contribution in [0.3, 0.4) is 0 Å². The number of aromatic nitrogens is 2. The second kappa shape index (κ2) is 10.1. The van der Waals surface area contributed by atoms with Gasteiger partial charge in [-0.3, -0.25) is 14.4 Å². The van der Waals surface area contributed by atoms with Crippen LogP contribution in [-0.2, 0) is 11.3 Å². The molecule has 1 atom stereocenters. The van der Waals surface area contributed by atoms with Crippen LogP contribution < -0.4 is 20.9 Å². The van der Waals surface area contributed by atoms with Crippen LogP contribution in [0.15, 0.2) is 47.3 Å². The Balaban J connectivity index is 1.95. The Hall–Kier alpha value is -3.16. The fourth-order valence-electron chi connectivity index (χ4n) is 2.23. The van der Waals surface area contributed by atoms with Crippen molar-refractivity contribution in [2.45, 2.75) is 32.9 Å². The van der Waals surface area contributed by atoms with Gasteiger partial charge in [0.1, 0.15) is 24.1 Å². The average Bonchev–Trinajstić information content (AvgIpc) is 2.68. The van der Waals surface area contributed by atoms with Gasteiger partial charge in [-0.2, -0.15) is 5.10 Å². The van der Waals surface area contributed by atoms with Crippen LogP contribution in [0.25, 0.3) is 0 Å². The molecule has 0 fully saturated rings. The van der Waals surface area contributed by atoms with E-state index >= 15 is 0 Å². The first kappa shape index (κ1) is 20.2. The van der Waals surface area contributed by atoms with Crippen LogP contribution in [0, 0.1) is 0 Å². The molecule has 144 valence electrons. The molecule has 0 radical (unpaired) electrons. The van der Waals surface area contributed by atoms with Crippen molar-refractivity contribution in [1.82, 2.24) is 20.4 Å². The molecule has 0 aliphatic rings. The molecule has 8 heteroatoms. The van der Waals surface area contributed by atoms with Gasteiger partial charge in [-0.05, 0) is 31.5 Å². The van der Waals surface area contributed by atoms with Gasteiger partial charge < -0.3 is 15.4 Å². The molecule has 0 bridgehead atoms. The van der Waals surface area contributed by atoms with Crippen molar-refractivity contribution in [3.05, 3.63) is 58.5 Å². The summed E-state index contributed by atoms with van der Waals surface area (Å²) in [4.78, 5) is 36.1. The number of ether oxygens (including phenoxy) is 1. The molecule has 1 aromatic heterocycles. The van der Waals surface area contributed by atoms with Crippen LogP contribution in [-0.4, -0.2) is 40.8 Å². The number of amides is 2. The summed E-state index contributed by atoms with van der Waals surface area (Å²) in [6.07, 6.45) is 0.810. The van der Waals surface area contributed by atoms with E-state index in [0.29, 0.717) is 12.3 Å². The predicted octanol–water partition coefficient (Wildman–Crippen LogP) is 0.967. The molecular formula is C19H24N4O4. The maximum absolute atomic E-state index is 12.3. The van der Waals surface area contributed by atoms with E-state index in [1.54, 1.807) is 6.92 Å². The number of nitrogens with zero attached hydrogens (tertiary/aromatic N) is 2. The van der Waals surface area contributed by atoms with Crippen molar-refractivity contribution in [2.75, 3.05) is 13.2 Å². The topological polar surface area (TPSA) is 102 Å². The molecule has 8 nitrogen and oxygen atoms in total. The Kier molecular flexibility index (Phi) is 7.54. The van der Waals surface area contributed by atoms with Gasteiger partial charge in [0.25, 0.3) is 11.5 Å². The van der Waals surface area contributed by atoms with E-state index in [-0.39, 0.29) is 30.3 Å². The van der Waals surface area contributed by atoms with Gasteiger partial charge in [-0.25, -0.2) is 4.68 Å². The highest BCUT2D eigenvalue weighted by Gasteiger charge is 2.17. The fraction of sp³-hybridized carbons (Fsp3) is 0.368. The summed E-state index contributed by atoms with van der Waals surface area (Å²) in [7, 11) is 0. The molecule has 1 unspecified atom stereocenters. The molecule has 2 aromatic rings. The summed E-state index contributed by atoms with van der Waals surface area (Å²) in [6.45, 7) is 4.51. The second-order valence-corrected chi connectivity index (χ2v) is 5.93. The summed E-state index contributed by atoms with van der Waals surface area (Å²) in [5.41, 5.74) is -0.276. The van der Waals surface area contributed by atoms with E-state index in [9.17, 15) is 14.4 Å². The number of hydrogen-bond donors (Lipinski definition) is 2. The zero-order valence-electron chi connectivity index (χ0n) is 15.5. The van der Waals surface area contributed by atoms with Gasteiger partial charge >= 0.3 is 0 Å². The third-order valence-corrected chi connectivity index (χ3v) is 3.70. The molecule has 1 heterocycles. The highest BCUT2D eigenvalue weighted by molar-refractivity contribution is 5.95. The van der Waals surface area contributed by atoms with E-state index in [4.69, 9.17) is 4.74 Å². The van der Waals surface area contributed by atoms with Crippen molar-refractivity contribution in [1.29, 1.82) is 0 Å². The van der Waals surface area contributed by atoms with Crippen LogP contribution in [0.1, 0.15) is 30.8 Å². The molecule has 0 saturated carbocycles. The minimum Gasteiger partial charge on any atom is -0.492 e. The molecule has 2 N–H and O–H groups in total. The first-order chi connectivity index (χ1) is 13.0. The minimum absolute atomic E-state index is 0.0597. The maximum atomic E-state index is 12.3. The number of carbonyl (C=O) groups is 2. The van der Waals surface area contributed by atoms with Gasteiger partial charge in [0.05, 0.1) is 6.54 Å². The van der Waals surface area contributed by atoms with Gasteiger partial charge in [-0.15, -0.1) is 0 Å². The number of para-hydroxylation sites is 1. The molecule has 27 heavy (non-hydrogen) atoms. The lowest BCUT2D eigenvalue weighted by atomic mass is 10.2. The SMILES string of the molecule is CCCNC(=O)C(C)NC(=O)c1ccc(=O)n(CCOc2ccccc2)n1. The fourth-order valence-corrected chi connectivity index (χ4v) is 2.23. The van der Waals surface area contributed by atoms with E-state index in [1.165, 1.54) is 16.8 Å². The zero-order chi connectivity index (χ0) is 19.6. The average molecular weight is 372 g/mol. The summed E-state index contributed by atoms with van der Waals surface area (Å²) in [5.74, 6) is -0.104. The lowest BCUT2D eigenvalue weighted by molar-refractivity contribution is -0.122. The maximum Gasteiger partial charge on any atom is 0.272 e. The number of carbonyl (C=O) groups excluding carboxylic acids is 2. The van der Waals surface area contributed by atoms with Crippen molar-refractivity contribution in [2.24, 2.45) is 0 Å². The van der Waals surface area contributed by atoms with Crippen molar-refractivity contribution < 1.29 is 14.3 Å². The molecule has 2 rings (SSSR count). The van der Waals surface area contributed by atoms with Crippen LogP contribution in [0.5, 0.6) is 5.75 Å². The minimum atomic E-state index is -0.701. The Morgan fingerprint density at radius 2 is 1.93 bits per heavy atom.